The Kier molecular flexibility index (Phi) is 7.90. The van der Waals surface area contributed by atoms with Crippen molar-refractivity contribution in [3.8, 4) is 23.0 Å². The van der Waals surface area contributed by atoms with Crippen LogP contribution < -0.4 is 20.9 Å². The molecular formula is C23H11F15N2O2. The van der Waals surface area contributed by atoms with Crippen molar-refractivity contribution in [2.45, 2.75) is 30.9 Å². The van der Waals surface area contributed by atoms with E-state index in [1.54, 1.807) is 0 Å². The Labute approximate surface area is 223 Å². The summed E-state index contributed by atoms with van der Waals surface area (Å²) < 4.78 is 212. The molecule has 0 spiro atoms. The van der Waals surface area contributed by atoms with Gasteiger partial charge in [-0.05, 0) is 36.4 Å². The Hall–Kier alpha value is -4.19. The van der Waals surface area contributed by atoms with Crippen LogP contribution in [-0.2, 0) is 30.9 Å². The molecule has 0 unspecified atom stereocenters. The smallest absolute Gasteiger partial charge is 0.423 e. The molecule has 0 bridgehead atoms. The normalized spacial score (nSPS) is 13.3. The highest BCUT2D eigenvalue weighted by atomic mass is 19.4. The van der Waals surface area contributed by atoms with Gasteiger partial charge in [0.2, 0.25) is 0 Å². The maximum absolute atomic E-state index is 14.1. The predicted octanol–water partition coefficient (Wildman–Crippen LogP) is 9.53. The number of anilines is 2. The minimum atomic E-state index is -5.79. The zero-order valence-electron chi connectivity index (χ0n) is 19.7. The lowest BCUT2D eigenvalue weighted by atomic mass is 10.1. The van der Waals surface area contributed by atoms with Crippen LogP contribution in [0.15, 0.2) is 42.5 Å². The summed E-state index contributed by atoms with van der Waals surface area (Å²) in [6.07, 6.45) is -27.7. The minimum absolute atomic E-state index is 0.170. The van der Waals surface area contributed by atoms with Crippen molar-refractivity contribution >= 4 is 11.4 Å². The first kappa shape index (κ1) is 32.3. The largest absolute Gasteiger partial charge is 0.456 e. The fraction of sp³-hybridized carbons (Fsp3) is 0.217. The lowest BCUT2D eigenvalue weighted by Gasteiger charge is -2.23. The molecule has 3 aromatic carbocycles. The highest BCUT2D eigenvalue weighted by Crippen LogP contribution is 2.51. The average Bonchev–Trinajstić information content (AvgIpc) is 2.74. The number of alkyl halides is 15. The van der Waals surface area contributed by atoms with Gasteiger partial charge < -0.3 is 20.9 Å². The summed E-state index contributed by atoms with van der Waals surface area (Å²) in [6, 6.07) is 0.0146. The Morgan fingerprint density at radius 1 is 0.405 bits per heavy atom. The van der Waals surface area contributed by atoms with Gasteiger partial charge in [0.15, 0.2) is 0 Å². The standard InChI is InChI=1S/C23H11F15N2O2/c24-19(25,26)8-4-10(39)16(21(30,31)32)14(6-8)41-12-2-1-3-13(18(12)23(36,37)38)42-15-7-9(20(27,28)29)5-11(40)17(15)22(33,34)35/h1-7H,39-40H2. The monoisotopic (exact) mass is 632 g/mol. The molecule has 0 aliphatic heterocycles. The van der Waals surface area contributed by atoms with Gasteiger partial charge in [-0.25, -0.2) is 0 Å². The van der Waals surface area contributed by atoms with Gasteiger partial charge in [0.1, 0.15) is 39.7 Å². The van der Waals surface area contributed by atoms with Crippen LogP contribution in [0.3, 0.4) is 0 Å². The SMILES string of the molecule is Nc1cc(C(F)(F)F)cc(Oc2cccc(Oc3cc(C(F)(F)F)cc(N)c3C(F)(F)F)c2C(F)(F)F)c1C(F)(F)F. The van der Waals surface area contributed by atoms with Gasteiger partial charge in [-0.1, -0.05) is 6.07 Å². The maximum Gasteiger partial charge on any atom is 0.423 e. The summed E-state index contributed by atoms with van der Waals surface area (Å²) in [5.41, 5.74) is -3.40. The molecule has 0 saturated carbocycles. The molecule has 0 saturated heterocycles. The third kappa shape index (κ3) is 6.81. The van der Waals surface area contributed by atoms with E-state index in [1.807, 2.05) is 0 Å². The molecule has 4 nitrogen and oxygen atoms in total. The molecular weight excluding hydrogens is 621 g/mol. The van der Waals surface area contributed by atoms with E-state index >= 15 is 0 Å². The second-order valence-corrected chi connectivity index (χ2v) is 8.20. The fourth-order valence-corrected chi connectivity index (χ4v) is 3.57. The number of hydrogen-bond donors (Lipinski definition) is 2. The molecule has 4 N–H and O–H groups in total. The molecule has 0 aromatic heterocycles. The number of benzene rings is 3. The van der Waals surface area contributed by atoms with Crippen molar-refractivity contribution < 1.29 is 75.3 Å². The third-order valence-corrected chi connectivity index (χ3v) is 5.20. The Morgan fingerprint density at radius 2 is 0.714 bits per heavy atom. The number of nitrogens with two attached hydrogens (primary N) is 2. The summed E-state index contributed by atoms with van der Waals surface area (Å²) in [5.74, 6) is -7.26. The van der Waals surface area contributed by atoms with E-state index in [0.29, 0.717) is 6.07 Å². The van der Waals surface area contributed by atoms with Crippen LogP contribution in [0.4, 0.5) is 77.2 Å². The molecule has 0 heterocycles. The topological polar surface area (TPSA) is 70.5 Å². The summed E-state index contributed by atoms with van der Waals surface area (Å²) in [4.78, 5) is 0. The first-order chi connectivity index (χ1) is 18.8. The van der Waals surface area contributed by atoms with Crippen LogP contribution in [0.5, 0.6) is 23.0 Å². The van der Waals surface area contributed by atoms with E-state index < -0.39 is 93.1 Å². The zero-order chi connectivity index (χ0) is 32.2. The summed E-state index contributed by atoms with van der Waals surface area (Å²) in [5, 5.41) is 0. The molecule has 3 rings (SSSR count). The van der Waals surface area contributed by atoms with Gasteiger partial charge in [0.25, 0.3) is 0 Å². The third-order valence-electron chi connectivity index (χ3n) is 5.20. The van der Waals surface area contributed by atoms with Gasteiger partial charge in [-0.2, -0.15) is 65.9 Å². The highest BCUT2D eigenvalue weighted by molar-refractivity contribution is 5.62. The van der Waals surface area contributed by atoms with Crippen molar-refractivity contribution in [2.24, 2.45) is 0 Å². The Morgan fingerprint density at radius 3 is 0.976 bits per heavy atom. The van der Waals surface area contributed by atoms with Crippen LogP contribution in [-0.4, -0.2) is 0 Å². The number of halogens is 15. The molecule has 42 heavy (non-hydrogen) atoms. The van der Waals surface area contributed by atoms with Crippen molar-refractivity contribution in [1.29, 1.82) is 0 Å². The van der Waals surface area contributed by atoms with Crippen LogP contribution in [0.2, 0.25) is 0 Å². The average molecular weight is 632 g/mol. The van der Waals surface area contributed by atoms with Crippen molar-refractivity contribution in [3.05, 3.63) is 70.3 Å². The molecule has 3 aromatic rings. The predicted molar refractivity (Wildman–Crippen MR) is 113 cm³/mol. The van der Waals surface area contributed by atoms with Gasteiger partial charge in [-0.15, -0.1) is 0 Å². The molecule has 230 valence electrons. The maximum atomic E-state index is 14.1. The van der Waals surface area contributed by atoms with Crippen LogP contribution in [0.1, 0.15) is 27.8 Å². The second-order valence-electron chi connectivity index (χ2n) is 8.20. The van der Waals surface area contributed by atoms with E-state index in [1.165, 1.54) is 0 Å². The summed E-state index contributed by atoms with van der Waals surface area (Å²) in [6.45, 7) is 0. The van der Waals surface area contributed by atoms with E-state index in [9.17, 15) is 65.9 Å². The molecule has 0 aliphatic carbocycles. The lowest BCUT2D eigenvalue weighted by molar-refractivity contribution is -0.143. The van der Waals surface area contributed by atoms with Crippen LogP contribution in [0, 0.1) is 0 Å². The van der Waals surface area contributed by atoms with Crippen molar-refractivity contribution in [1.82, 2.24) is 0 Å². The number of rotatable bonds is 4. The summed E-state index contributed by atoms with van der Waals surface area (Å²) in [7, 11) is 0. The van der Waals surface area contributed by atoms with Crippen molar-refractivity contribution in [2.75, 3.05) is 11.5 Å². The van der Waals surface area contributed by atoms with Gasteiger partial charge in [0, 0.05) is 11.4 Å². The van der Waals surface area contributed by atoms with E-state index in [2.05, 4.69) is 9.47 Å². The fourth-order valence-electron chi connectivity index (χ4n) is 3.57. The van der Waals surface area contributed by atoms with E-state index in [0.717, 1.165) is 0 Å². The Balaban J connectivity index is 2.30. The summed E-state index contributed by atoms with van der Waals surface area (Å²) >= 11 is 0. The van der Waals surface area contributed by atoms with E-state index in [4.69, 9.17) is 11.5 Å². The van der Waals surface area contributed by atoms with Crippen LogP contribution >= 0.6 is 0 Å². The molecule has 0 fully saturated rings. The van der Waals surface area contributed by atoms with Crippen molar-refractivity contribution in [3.63, 3.8) is 0 Å². The first-order valence-corrected chi connectivity index (χ1v) is 10.5. The quantitative estimate of drug-likeness (QED) is 0.222. The second kappa shape index (κ2) is 10.3. The molecule has 0 amide bonds. The van der Waals surface area contributed by atoms with E-state index in [-0.39, 0.29) is 36.4 Å². The van der Waals surface area contributed by atoms with Gasteiger partial charge in [0.05, 0.1) is 11.1 Å². The number of ether oxygens (including phenoxy) is 2. The first-order valence-electron chi connectivity index (χ1n) is 10.5. The molecule has 19 heteroatoms. The van der Waals surface area contributed by atoms with Gasteiger partial charge in [-0.3, -0.25) is 0 Å². The van der Waals surface area contributed by atoms with Gasteiger partial charge >= 0.3 is 30.9 Å². The lowest BCUT2D eigenvalue weighted by Crippen LogP contribution is -2.16. The Bertz CT molecular complexity index is 1380. The minimum Gasteiger partial charge on any atom is -0.456 e. The molecule has 0 aliphatic rings. The number of hydrogen-bond acceptors (Lipinski definition) is 4. The zero-order valence-corrected chi connectivity index (χ0v) is 19.7. The highest BCUT2D eigenvalue weighted by Gasteiger charge is 2.44. The number of nitrogen functional groups attached to an aromatic ring is 2. The van der Waals surface area contributed by atoms with Crippen LogP contribution in [0.25, 0.3) is 0 Å². The molecule has 0 radical (unpaired) electrons. The molecule has 0 atom stereocenters.